The predicted molar refractivity (Wildman–Crippen MR) is 57.7 cm³/mol. The van der Waals surface area contributed by atoms with Crippen LogP contribution in [0.3, 0.4) is 0 Å². The van der Waals surface area contributed by atoms with E-state index < -0.39 is 22.7 Å². The number of carbonyl (C=O) groups is 1. The summed E-state index contributed by atoms with van der Waals surface area (Å²) in [7, 11) is -4.22. The smallest absolute Gasteiger partial charge is 0.295 e. The quantitative estimate of drug-likeness (QED) is 0.855. The lowest BCUT2D eigenvalue weighted by Crippen LogP contribution is -2.33. The van der Waals surface area contributed by atoms with Gasteiger partial charge < -0.3 is 0 Å². The van der Waals surface area contributed by atoms with Crippen molar-refractivity contribution in [2.24, 2.45) is 0 Å². The zero-order valence-electron chi connectivity index (χ0n) is 9.28. The highest BCUT2D eigenvalue weighted by Gasteiger charge is 2.29. The lowest BCUT2D eigenvalue weighted by Gasteiger charge is -2.09. The number of sulfonamides is 1. The summed E-state index contributed by atoms with van der Waals surface area (Å²) < 4.78 is 60.1. The van der Waals surface area contributed by atoms with Crippen molar-refractivity contribution >= 4 is 15.8 Å². The first-order valence-electron chi connectivity index (χ1n) is 4.79. The van der Waals surface area contributed by atoms with Gasteiger partial charge >= 0.3 is 6.18 Å². The Morgan fingerprint density at radius 3 is 2.11 bits per heavy atom. The molecule has 0 aliphatic heterocycles. The number of Topliss-reactive ketones (excluding diaryl/α,β-unsaturated/α-hetero) is 1. The Labute approximate surface area is 102 Å². The molecule has 1 N–H and O–H groups in total. The van der Waals surface area contributed by atoms with Crippen LogP contribution in [-0.4, -0.2) is 26.9 Å². The molecule has 0 spiro atoms. The first kappa shape index (κ1) is 14.7. The first-order chi connectivity index (χ1) is 8.12. The molecule has 1 rings (SSSR count). The van der Waals surface area contributed by atoms with Crippen LogP contribution in [-0.2, 0) is 10.0 Å². The van der Waals surface area contributed by atoms with Crippen molar-refractivity contribution in [3.05, 3.63) is 29.8 Å². The standard InChI is InChI=1S/C10H10F3NO3S/c1-7(15)8-2-4-9(5-3-8)18(16,17)14-6-10(11,12)13/h2-5,14H,6H2,1H3. The molecule has 0 unspecified atom stereocenters. The van der Waals surface area contributed by atoms with Crippen LogP contribution in [0.15, 0.2) is 29.2 Å². The maximum absolute atomic E-state index is 11.9. The largest absolute Gasteiger partial charge is 0.402 e. The molecule has 4 nitrogen and oxygen atoms in total. The highest BCUT2D eigenvalue weighted by molar-refractivity contribution is 7.89. The summed E-state index contributed by atoms with van der Waals surface area (Å²) in [6.07, 6.45) is -4.62. The summed E-state index contributed by atoms with van der Waals surface area (Å²) in [6.45, 7) is -0.338. The van der Waals surface area contributed by atoms with E-state index in [-0.39, 0.29) is 16.2 Å². The zero-order valence-corrected chi connectivity index (χ0v) is 10.1. The van der Waals surface area contributed by atoms with E-state index in [1.807, 2.05) is 0 Å². The summed E-state index contributed by atoms with van der Waals surface area (Å²) in [5.74, 6) is -0.262. The molecule has 0 bridgehead atoms. The van der Waals surface area contributed by atoms with E-state index >= 15 is 0 Å². The monoisotopic (exact) mass is 281 g/mol. The van der Waals surface area contributed by atoms with Gasteiger partial charge in [0.1, 0.15) is 6.54 Å². The molecule has 0 atom stereocenters. The van der Waals surface area contributed by atoms with Gasteiger partial charge in [-0.3, -0.25) is 4.79 Å². The summed E-state index contributed by atoms with van der Waals surface area (Å²) in [4.78, 5) is 10.6. The number of ketones is 1. The van der Waals surface area contributed by atoms with Crippen molar-refractivity contribution in [2.45, 2.75) is 18.0 Å². The minimum atomic E-state index is -4.62. The van der Waals surface area contributed by atoms with Gasteiger partial charge in [-0.15, -0.1) is 0 Å². The molecule has 18 heavy (non-hydrogen) atoms. The fraction of sp³-hybridized carbons (Fsp3) is 0.300. The van der Waals surface area contributed by atoms with E-state index in [2.05, 4.69) is 0 Å². The summed E-state index contributed by atoms with van der Waals surface area (Å²) in [5, 5.41) is 0. The van der Waals surface area contributed by atoms with Crippen molar-refractivity contribution in [3.8, 4) is 0 Å². The lowest BCUT2D eigenvalue weighted by atomic mass is 10.2. The third-order valence-corrected chi connectivity index (χ3v) is 3.45. The molecule has 1 aromatic carbocycles. The van der Waals surface area contributed by atoms with Crippen LogP contribution in [0.25, 0.3) is 0 Å². The average molecular weight is 281 g/mol. The van der Waals surface area contributed by atoms with Gasteiger partial charge in [-0.2, -0.15) is 13.2 Å². The number of hydrogen-bond donors (Lipinski definition) is 1. The second-order valence-corrected chi connectivity index (χ2v) is 5.29. The van der Waals surface area contributed by atoms with Gasteiger partial charge in [0.05, 0.1) is 4.90 Å². The Balaban J connectivity index is 2.89. The summed E-state index contributed by atoms with van der Waals surface area (Å²) in [6, 6.07) is 4.64. The van der Waals surface area contributed by atoms with Crippen molar-refractivity contribution in [2.75, 3.05) is 6.54 Å². The van der Waals surface area contributed by atoms with Crippen LogP contribution in [0.2, 0.25) is 0 Å². The highest BCUT2D eigenvalue weighted by Crippen LogP contribution is 2.15. The van der Waals surface area contributed by atoms with Crippen molar-refractivity contribution in [3.63, 3.8) is 0 Å². The molecule has 0 heterocycles. The van der Waals surface area contributed by atoms with E-state index in [9.17, 15) is 26.4 Å². The first-order valence-corrected chi connectivity index (χ1v) is 6.27. The molecule has 8 heteroatoms. The van der Waals surface area contributed by atoms with E-state index in [1.54, 1.807) is 0 Å². The van der Waals surface area contributed by atoms with Gasteiger partial charge in [-0.25, -0.2) is 13.1 Å². The molecule has 0 aliphatic rings. The Kier molecular flexibility index (Phi) is 4.12. The predicted octanol–water partition coefficient (Wildman–Crippen LogP) is 1.73. The minimum Gasteiger partial charge on any atom is -0.295 e. The molecule has 0 saturated heterocycles. The lowest BCUT2D eigenvalue weighted by molar-refractivity contribution is -0.121. The number of rotatable bonds is 4. The second kappa shape index (κ2) is 5.07. The average Bonchev–Trinajstić information content (AvgIpc) is 2.26. The Morgan fingerprint density at radius 1 is 1.22 bits per heavy atom. The number of hydrogen-bond acceptors (Lipinski definition) is 3. The molecule has 100 valence electrons. The molecule has 0 fully saturated rings. The molecule has 1 aromatic rings. The fourth-order valence-electron chi connectivity index (χ4n) is 1.13. The summed E-state index contributed by atoms with van der Waals surface area (Å²) in [5.41, 5.74) is 0.282. The van der Waals surface area contributed by atoms with Gasteiger partial charge in [0.2, 0.25) is 10.0 Å². The van der Waals surface area contributed by atoms with Crippen LogP contribution in [0.5, 0.6) is 0 Å². The minimum absolute atomic E-state index is 0.262. The van der Waals surface area contributed by atoms with Crippen molar-refractivity contribution in [1.29, 1.82) is 0 Å². The van der Waals surface area contributed by atoms with Gasteiger partial charge in [-0.05, 0) is 19.1 Å². The van der Waals surface area contributed by atoms with E-state index in [4.69, 9.17) is 0 Å². The molecule has 0 amide bonds. The normalized spacial score (nSPS) is 12.4. The zero-order chi connectivity index (χ0) is 14.0. The van der Waals surface area contributed by atoms with Crippen molar-refractivity contribution < 1.29 is 26.4 Å². The molecular formula is C10H10F3NO3S. The van der Waals surface area contributed by atoms with Crippen LogP contribution >= 0.6 is 0 Å². The Bertz CT molecular complexity index is 534. The fourth-order valence-corrected chi connectivity index (χ4v) is 2.14. The number of benzene rings is 1. The van der Waals surface area contributed by atoms with Crippen LogP contribution in [0.4, 0.5) is 13.2 Å². The third-order valence-electron chi connectivity index (χ3n) is 2.03. The molecule has 0 aliphatic carbocycles. The van der Waals surface area contributed by atoms with E-state index in [0.717, 1.165) is 12.1 Å². The van der Waals surface area contributed by atoms with E-state index in [0.29, 0.717) is 0 Å². The van der Waals surface area contributed by atoms with Crippen LogP contribution < -0.4 is 4.72 Å². The molecule has 0 saturated carbocycles. The van der Waals surface area contributed by atoms with Gasteiger partial charge in [0.25, 0.3) is 0 Å². The Hall–Kier alpha value is -1.41. The molecule has 0 radical (unpaired) electrons. The number of halogens is 3. The number of carbonyl (C=O) groups excluding carboxylic acids is 1. The SMILES string of the molecule is CC(=O)c1ccc(S(=O)(=O)NCC(F)(F)F)cc1. The number of nitrogens with one attached hydrogen (secondary N) is 1. The maximum atomic E-state index is 11.9. The molecular weight excluding hydrogens is 271 g/mol. The van der Waals surface area contributed by atoms with E-state index in [1.165, 1.54) is 23.8 Å². The van der Waals surface area contributed by atoms with Gasteiger partial charge in [0.15, 0.2) is 5.78 Å². The topological polar surface area (TPSA) is 63.2 Å². The van der Waals surface area contributed by atoms with Crippen LogP contribution in [0, 0.1) is 0 Å². The van der Waals surface area contributed by atoms with Crippen molar-refractivity contribution in [1.82, 2.24) is 4.72 Å². The van der Waals surface area contributed by atoms with Gasteiger partial charge in [-0.1, -0.05) is 12.1 Å². The third kappa shape index (κ3) is 4.11. The maximum Gasteiger partial charge on any atom is 0.402 e. The molecule has 0 aromatic heterocycles. The Morgan fingerprint density at radius 2 is 1.72 bits per heavy atom. The summed E-state index contributed by atoms with van der Waals surface area (Å²) >= 11 is 0. The second-order valence-electron chi connectivity index (χ2n) is 3.52. The highest BCUT2D eigenvalue weighted by atomic mass is 32.2. The number of alkyl halides is 3. The van der Waals surface area contributed by atoms with Crippen LogP contribution in [0.1, 0.15) is 17.3 Å². The van der Waals surface area contributed by atoms with Gasteiger partial charge in [0, 0.05) is 5.56 Å².